The fourth-order valence-electron chi connectivity index (χ4n) is 3.31. The van der Waals surface area contributed by atoms with Gasteiger partial charge in [-0.3, -0.25) is 0 Å². The van der Waals surface area contributed by atoms with E-state index in [1.54, 1.807) is 0 Å². The van der Waals surface area contributed by atoms with Gasteiger partial charge in [0.1, 0.15) is 23.2 Å². The average Bonchev–Trinajstić information content (AvgIpc) is 3.27. The van der Waals surface area contributed by atoms with Crippen LogP contribution in [0.4, 0.5) is 8.78 Å². The molecule has 0 saturated carbocycles. The van der Waals surface area contributed by atoms with Gasteiger partial charge in [0.2, 0.25) is 0 Å². The highest BCUT2D eigenvalue weighted by molar-refractivity contribution is 5.71. The van der Waals surface area contributed by atoms with E-state index in [-0.39, 0.29) is 5.56 Å². The molecule has 162 valence electrons. The maximum absolute atomic E-state index is 14.0. The third-order valence-corrected chi connectivity index (χ3v) is 5.12. The van der Waals surface area contributed by atoms with Gasteiger partial charge in [0.05, 0.1) is 18.5 Å². The maximum Gasteiger partial charge on any atom is 0.135 e. The summed E-state index contributed by atoms with van der Waals surface area (Å²) in [5.41, 5.74) is 4.04. The largest absolute Gasteiger partial charge is 0.494 e. The Balaban J connectivity index is 1.41. The molecule has 0 aliphatic heterocycles. The van der Waals surface area contributed by atoms with Crippen LogP contribution in [0.2, 0.25) is 0 Å². The van der Waals surface area contributed by atoms with Crippen molar-refractivity contribution in [3.63, 3.8) is 0 Å². The third kappa shape index (κ3) is 5.30. The van der Waals surface area contributed by atoms with E-state index in [0.717, 1.165) is 48.0 Å². The zero-order chi connectivity index (χ0) is 22.3. The van der Waals surface area contributed by atoms with Gasteiger partial charge in [-0.25, -0.2) is 13.8 Å². The summed E-state index contributed by atoms with van der Waals surface area (Å²) in [5.74, 6) is 0.248. The van der Waals surface area contributed by atoms with E-state index >= 15 is 0 Å². The second-order valence-corrected chi connectivity index (χ2v) is 7.49. The van der Waals surface area contributed by atoms with Gasteiger partial charge in [-0.2, -0.15) is 0 Å². The number of hydrogen-bond donors (Lipinski definition) is 1. The highest BCUT2D eigenvalue weighted by Gasteiger charge is 2.08. The third-order valence-electron chi connectivity index (χ3n) is 5.12. The molecule has 0 aliphatic rings. The van der Waals surface area contributed by atoms with E-state index in [2.05, 4.69) is 41.2 Å². The Bertz CT molecular complexity index is 1200. The number of ether oxygens (including phenoxy) is 1. The highest BCUT2D eigenvalue weighted by Crippen LogP contribution is 2.24. The summed E-state index contributed by atoms with van der Waals surface area (Å²) >= 11 is 0. The summed E-state index contributed by atoms with van der Waals surface area (Å²) in [7, 11) is 0. The van der Waals surface area contributed by atoms with Crippen LogP contribution in [-0.2, 0) is 0 Å². The lowest BCUT2D eigenvalue weighted by atomic mass is 10.0. The minimum Gasteiger partial charge on any atom is -0.494 e. The minimum atomic E-state index is -0.625. The number of aromatic amines is 1. The first-order valence-electron chi connectivity index (χ1n) is 10.6. The fourth-order valence-corrected chi connectivity index (χ4v) is 3.31. The number of nitrogens with one attached hydrogen (secondary N) is 1. The Morgan fingerprint density at radius 2 is 1.62 bits per heavy atom. The smallest absolute Gasteiger partial charge is 0.135 e. The Morgan fingerprint density at radius 3 is 2.31 bits per heavy atom. The first-order valence-corrected chi connectivity index (χ1v) is 10.6. The normalized spacial score (nSPS) is 11.2. The monoisotopic (exact) mass is 430 g/mol. The highest BCUT2D eigenvalue weighted by atomic mass is 19.1. The fraction of sp³-hybridized carbons (Fsp3) is 0.148. The summed E-state index contributed by atoms with van der Waals surface area (Å²) in [6.07, 6.45) is 7.46. The first-order chi connectivity index (χ1) is 15.6. The number of imidazole rings is 1. The standard InChI is InChI=1S/C27H24F2N2O/c1-2-3-16-32-23-12-9-21(10-13-23)20-7-4-19(5-8-20)6-15-27-30-18-26(31-27)24-14-11-22(28)17-25(24)29/h4-15,17-18H,2-3,16H2,1H3,(H,30,31)/b15-6+. The molecule has 1 aromatic heterocycles. The van der Waals surface area contributed by atoms with Crippen LogP contribution in [0.5, 0.6) is 5.75 Å². The van der Waals surface area contributed by atoms with E-state index in [0.29, 0.717) is 11.5 Å². The van der Waals surface area contributed by atoms with Gasteiger partial charge in [0.25, 0.3) is 0 Å². The molecule has 0 fully saturated rings. The van der Waals surface area contributed by atoms with Crippen molar-refractivity contribution < 1.29 is 13.5 Å². The van der Waals surface area contributed by atoms with Crippen molar-refractivity contribution >= 4 is 12.2 Å². The Labute approximate surface area is 186 Å². The summed E-state index contributed by atoms with van der Waals surface area (Å²) in [4.78, 5) is 7.30. The van der Waals surface area contributed by atoms with Gasteiger partial charge in [-0.15, -0.1) is 0 Å². The molecule has 1 N–H and O–H groups in total. The molecular weight excluding hydrogens is 406 g/mol. The van der Waals surface area contributed by atoms with Gasteiger partial charge >= 0.3 is 0 Å². The Morgan fingerprint density at radius 1 is 0.906 bits per heavy atom. The molecule has 0 radical (unpaired) electrons. The Hall–Kier alpha value is -3.73. The Kier molecular flexibility index (Phi) is 6.75. The molecular formula is C27H24F2N2O. The molecule has 0 atom stereocenters. The second kappa shape index (κ2) is 10.1. The van der Waals surface area contributed by atoms with E-state index in [1.165, 1.54) is 18.3 Å². The molecule has 0 aliphatic carbocycles. The van der Waals surface area contributed by atoms with E-state index < -0.39 is 11.6 Å². The van der Waals surface area contributed by atoms with Crippen molar-refractivity contribution in [2.24, 2.45) is 0 Å². The molecule has 0 saturated heterocycles. The summed E-state index contributed by atoms with van der Waals surface area (Å²) in [6, 6.07) is 19.8. The van der Waals surface area contributed by atoms with Crippen molar-refractivity contribution in [2.75, 3.05) is 6.61 Å². The SMILES string of the molecule is CCCCOc1ccc(-c2ccc(/C=C/c3ncc(-c4ccc(F)cc4F)[nH]3)cc2)cc1. The summed E-state index contributed by atoms with van der Waals surface area (Å²) in [5, 5.41) is 0. The predicted octanol–water partition coefficient (Wildman–Crippen LogP) is 7.37. The molecule has 5 heteroatoms. The predicted molar refractivity (Wildman–Crippen MR) is 125 cm³/mol. The van der Waals surface area contributed by atoms with Gasteiger partial charge in [-0.05, 0) is 53.5 Å². The number of halogens is 2. The van der Waals surface area contributed by atoms with Gasteiger partial charge in [-0.1, -0.05) is 55.8 Å². The molecule has 32 heavy (non-hydrogen) atoms. The van der Waals surface area contributed by atoms with Crippen LogP contribution in [-0.4, -0.2) is 16.6 Å². The number of aromatic nitrogens is 2. The van der Waals surface area contributed by atoms with Crippen molar-refractivity contribution in [1.29, 1.82) is 0 Å². The van der Waals surface area contributed by atoms with Crippen molar-refractivity contribution in [2.45, 2.75) is 19.8 Å². The van der Waals surface area contributed by atoms with Crippen LogP contribution in [0.1, 0.15) is 31.2 Å². The summed E-state index contributed by atoms with van der Waals surface area (Å²) < 4.78 is 32.8. The van der Waals surface area contributed by atoms with Gasteiger partial charge in [0, 0.05) is 11.6 Å². The average molecular weight is 430 g/mol. The number of unbranched alkanes of at least 4 members (excludes halogenated alkanes) is 1. The molecule has 4 rings (SSSR count). The zero-order valence-electron chi connectivity index (χ0n) is 17.8. The molecule has 4 aromatic rings. The van der Waals surface area contributed by atoms with Crippen LogP contribution >= 0.6 is 0 Å². The van der Waals surface area contributed by atoms with Crippen LogP contribution in [0.25, 0.3) is 34.5 Å². The number of benzene rings is 3. The van der Waals surface area contributed by atoms with Gasteiger partial charge in [0.15, 0.2) is 0 Å². The lowest BCUT2D eigenvalue weighted by Gasteiger charge is -2.07. The summed E-state index contributed by atoms with van der Waals surface area (Å²) in [6.45, 7) is 2.89. The molecule has 1 heterocycles. The second-order valence-electron chi connectivity index (χ2n) is 7.49. The van der Waals surface area contributed by atoms with Crippen molar-refractivity contribution in [3.05, 3.63) is 95.9 Å². The van der Waals surface area contributed by atoms with Crippen molar-refractivity contribution in [1.82, 2.24) is 9.97 Å². The van der Waals surface area contributed by atoms with E-state index in [4.69, 9.17) is 4.74 Å². The van der Waals surface area contributed by atoms with E-state index in [1.807, 2.05) is 36.4 Å². The molecule has 3 aromatic carbocycles. The lowest BCUT2D eigenvalue weighted by molar-refractivity contribution is 0.309. The lowest BCUT2D eigenvalue weighted by Crippen LogP contribution is -1.95. The zero-order valence-corrected chi connectivity index (χ0v) is 17.8. The van der Waals surface area contributed by atoms with E-state index in [9.17, 15) is 8.78 Å². The molecule has 0 unspecified atom stereocenters. The number of H-pyrrole nitrogens is 1. The minimum absolute atomic E-state index is 0.282. The molecule has 0 spiro atoms. The van der Waals surface area contributed by atoms with Crippen LogP contribution in [0, 0.1) is 11.6 Å². The number of nitrogens with zero attached hydrogens (tertiary/aromatic N) is 1. The number of rotatable bonds is 8. The molecule has 3 nitrogen and oxygen atoms in total. The van der Waals surface area contributed by atoms with Crippen LogP contribution in [0.3, 0.4) is 0 Å². The first kappa shape index (κ1) is 21.5. The molecule has 0 amide bonds. The van der Waals surface area contributed by atoms with Crippen LogP contribution in [0.15, 0.2) is 72.9 Å². The van der Waals surface area contributed by atoms with Gasteiger partial charge < -0.3 is 9.72 Å². The quantitative estimate of drug-likeness (QED) is 0.296. The molecule has 0 bridgehead atoms. The van der Waals surface area contributed by atoms with Crippen LogP contribution < -0.4 is 4.74 Å². The van der Waals surface area contributed by atoms with Crippen molar-refractivity contribution in [3.8, 4) is 28.1 Å². The topological polar surface area (TPSA) is 37.9 Å². The number of hydrogen-bond acceptors (Lipinski definition) is 2. The maximum atomic E-state index is 14.0.